The van der Waals surface area contributed by atoms with Crippen LogP contribution in [0.15, 0.2) is 66.1 Å². The van der Waals surface area contributed by atoms with Gasteiger partial charge in [0.1, 0.15) is 5.75 Å². The van der Waals surface area contributed by atoms with Crippen molar-refractivity contribution in [3.8, 4) is 11.4 Å². The Morgan fingerprint density at radius 1 is 1.14 bits per heavy atom. The Balaban J connectivity index is 1.73. The molecule has 1 amide bonds. The largest absolute Gasteiger partial charge is 0.497 e. The average molecular weight is 395 g/mol. The molecule has 2 aromatic carbocycles. The predicted molar refractivity (Wildman–Crippen MR) is 111 cm³/mol. The van der Waals surface area contributed by atoms with Gasteiger partial charge in [-0.15, -0.1) is 0 Å². The molecule has 0 aliphatic carbocycles. The zero-order valence-electron chi connectivity index (χ0n) is 15.9. The van der Waals surface area contributed by atoms with Gasteiger partial charge >= 0.3 is 0 Å². The molecule has 0 aliphatic heterocycles. The van der Waals surface area contributed by atoms with Crippen molar-refractivity contribution in [3.63, 3.8) is 0 Å². The number of carbonyl (C=O) groups excluding carboxylic acids is 2. The van der Waals surface area contributed by atoms with E-state index in [-0.39, 0.29) is 11.7 Å². The van der Waals surface area contributed by atoms with Crippen LogP contribution in [0, 0.1) is 0 Å². The van der Waals surface area contributed by atoms with Gasteiger partial charge in [0, 0.05) is 23.6 Å². The Bertz CT molecular complexity index is 983. The zero-order chi connectivity index (χ0) is 20.1. The van der Waals surface area contributed by atoms with Crippen molar-refractivity contribution < 1.29 is 14.3 Å². The van der Waals surface area contributed by atoms with Gasteiger partial charge in [0.2, 0.25) is 5.91 Å². The molecular weight excluding hydrogens is 374 g/mol. The quantitative estimate of drug-likeness (QED) is 0.479. The first-order chi connectivity index (χ1) is 13.5. The maximum absolute atomic E-state index is 12.6. The Morgan fingerprint density at radius 2 is 1.86 bits per heavy atom. The molecule has 1 heterocycles. The summed E-state index contributed by atoms with van der Waals surface area (Å²) in [6.07, 6.45) is 3.54. The summed E-state index contributed by atoms with van der Waals surface area (Å²) in [5.41, 5.74) is 1.94. The second kappa shape index (κ2) is 8.75. The summed E-state index contributed by atoms with van der Waals surface area (Å²) in [5, 5.41) is 3.14. The number of nitrogens with zero attached hydrogens (tertiary/aromatic N) is 2. The number of ether oxygens (including phenoxy) is 1. The summed E-state index contributed by atoms with van der Waals surface area (Å²) in [5.74, 6) is 0.490. The number of hydrogen-bond donors (Lipinski definition) is 1. The molecule has 1 aromatic heterocycles. The number of benzene rings is 2. The number of carbonyl (C=O) groups is 2. The molecule has 144 valence electrons. The molecule has 0 spiro atoms. The van der Waals surface area contributed by atoms with E-state index in [4.69, 9.17) is 4.74 Å². The van der Waals surface area contributed by atoms with Crippen molar-refractivity contribution in [2.75, 3.05) is 12.4 Å². The lowest BCUT2D eigenvalue weighted by molar-refractivity contribution is -0.115. The van der Waals surface area contributed by atoms with Crippen LogP contribution in [-0.2, 0) is 4.79 Å². The van der Waals surface area contributed by atoms with Gasteiger partial charge in [-0.05, 0) is 50.2 Å². The molecule has 0 fully saturated rings. The molecule has 1 unspecified atom stereocenters. The third-order valence-corrected chi connectivity index (χ3v) is 5.25. The summed E-state index contributed by atoms with van der Waals surface area (Å²) in [6.45, 7) is 3.29. The van der Waals surface area contributed by atoms with E-state index in [1.54, 1.807) is 37.6 Å². The lowest BCUT2D eigenvalue weighted by Gasteiger charge is -2.14. The van der Waals surface area contributed by atoms with E-state index >= 15 is 0 Å². The van der Waals surface area contributed by atoms with Gasteiger partial charge in [-0.1, -0.05) is 23.9 Å². The summed E-state index contributed by atoms with van der Waals surface area (Å²) in [4.78, 5) is 28.8. The molecule has 0 aliphatic rings. The van der Waals surface area contributed by atoms with E-state index in [1.807, 2.05) is 42.0 Å². The normalized spacial score (nSPS) is 11.7. The van der Waals surface area contributed by atoms with Crippen molar-refractivity contribution in [2.24, 2.45) is 0 Å². The zero-order valence-corrected chi connectivity index (χ0v) is 16.7. The maximum atomic E-state index is 12.6. The van der Waals surface area contributed by atoms with E-state index in [2.05, 4.69) is 10.3 Å². The Morgan fingerprint density at radius 3 is 2.54 bits per heavy atom. The number of para-hydroxylation sites is 1. The number of aromatic nitrogens is 2. The highest BCUT2D eigenvalue weighted by molar-refractivity contribution is 8.00. The van der Waals surface area contributed by atoms with Gasteiger partial charge in [0.05, 0.1) is 18.0 Å². The molecule has 6 nitrogen and oxygen atoms in total. The van der Waals surface area contributed by atoms with Gasteiger partial charge < -0.3 is 10.1 Å². The van der Waals surface area contributed by atoms with Gasteiger partial charge in [-0.25, -0.2) is 4.98 Å². The molecule has 28 heavy (non-hydrogen) atoms. The number of hydrogen-bond acceptors (Lipinski definition) is 5. The smallest absolute Gasteiger partial charge is 0.237 e. The van der Waals surface area contributed by atoms with Gasteiger partial charge in [-0.2, -0.15) is 0 Å². The van der Waals surface area contributed by atoms with E-state index < -0.39 is 5.25 Å². The third kappa shape index (κ3) is 4.43. The Labute approximate surface area is 167 Å². The summed E-state index contributed by atoms with van der Waals surface area (Å²) in [7, 11) is 1.62. The molecule has 3 aromatic rings. The fourth-order valence-corrected chi connectivity index (χ4v) is 3.55. The number of Topliss-reactive ketones (excluding diaryl/α,β-unsaturated/α-hetero) is 1. The number of methoxy groups -OCH3 is 1. The van der Waals surface area contributed by atoms with Gasteiger partial charge in [0.15, 0.2) is 10.9 Å². The third-order valence-electron chi connectivity index (χ3n) is 4.17. The fourth-order valence-electron chi connectivity index (χ4n) is 2.66. The van der Waals surface area contributed by atoms with Crippen LogP contribution in [0.25, 0.3) is 5.69 Å². The molecule has 1 N–H and O–H groups in total. The van der Waals surface area contributed by atoms with Crippen LogP contribution in [0.3, 0.4) is 0 Å². The second-order valence-electron chi connectivity index (χ2n) is 6.13. The van der Waals surface area contributed by atoms with Crippen LogP contribution >= 0.6 is 11.8 Å². The van der Waals surface area contributed by atoms with Crippen molar-refractivity contribution in [1.29, 1.82) is 0 Å². The molecule has 1 atom stereocenters. The highest BCUT2D eigenvalue weighted by atomic mass is 32.2. The number of imidazole rings is 1. The van der Waals surface area contributed by atoms with Crippen LogP contribution < -0.4 is 10.1 Å². The fraction of sp³-hybridized carbons (Fsp3) is 0.190. The van der Waals surface area contributed by atoms with E-state index in [9.17, 15) is 9.59 Å². The first kappa shape index (κ1) is 19.7. The van der Waals surface area contributed by atoms with E-state index in [0.29, 0.717) is 16.4 Å². The highest BCUT2D eigenvalue weighted by Crippen LogP contribution is 2.27. The minimum atomic E-state index is -0.403. The van der Waals surface area contributed by atoms with Crippen LogP contribution in [0.2, 0.25) is 0 Å². The van der Waals surface area contributed by atoms with Gasteiger partial charge in [0.25, 0.3) is 0 Å². The number of anilines is 1. The van der Waals surface area contributed by atoms with Crippen LogP contribution in [0.1, 0.15) is 24.2 Å². The van der Waals surface area contributed by atoms with Crippen LogP contribution in [0.5, 0.6) is 5.75 Å². The van der Waals surface area contributed by atoms with Crippen LogP contribution in [0.4, 0.5) is 5.69 Å². The van der Waals surface area contributed by atoms with E-state index in [1.165, 1.54) is 18.7 Å². The summed E-state index contributed by atoms with van der Waals surface area (Å²) < 4.78 is 7.10. The Hall–Kier alpha value is -3.06. The minimum absolute atomic E-state index is 0.0914. The first-order valence-corrected chi connectivity index (χ1v) is 9.63. The number of rotatable bonds is 7. The summed E-state index contributed by atoms with van der Waals surface area (Å²) >= 11 is 1.35. The van der Waals surface area contributed by atoms with Crippen LogP contribution in [-0.4, -0.2) is 33.6 Å². The standard InChI is InChI=1S/C21H21N3O3S/c1-14(25)18-6-4-5-7-19(18)23-20(26)15(2)28-21-22-12-13-24(21)16-8-10-17(27-3)11-9-16/h4-13,15H,1-3H3,(H,23,26). The second-order valence-corrected chi connectivity index (χ2v) is 7.44. The monoisotopic (exact) mass is 395 g/mol. The highest BCUT2D eigenvalue weighted by Gasteiger charge is 2.19. The van der Waals surface area contributed by atoms with E-state index in [0.717, 1.165) is 11.4 Å². The minimum Gasteiger partial charge on any atom is -0.497 e. The predicted octanol–water partition coefficient (Wildman–Crippen LogP) is 4.20. The number of nitrogens with one attached hydrogen (secondary N) is 1. The average Bonchev–Trinajstić information content (AvgIpc) is 3.16. The molecule has 7 heteroatoms. The number of thioether (sulfide) groups is 1. The molecule has 0 bridgehead atoms. The topological polar surface area (TPSA) is 73.2 Å². The molecular formula is C21H21N3O3S. The lowest BCUT2D eigenvalue weighted by atomic mass is 10.1. The molecule has 0 radical (unpaired) electrons. The van der Waals surface area contributed by atoms with Crippen molar-refractivity contribution in [2.45, 2.75) is 24.3 Å². The maximum Gasteiger partial charge on any atom is 0.237 e. The summed E-state index contributed by atoms with van der Waals surface area (Å²) in [6, 6.07) is 14.6. The number of ketones is 1. The Kier molecular flexibility index (Phi) is 6.16. The van der Waals surface area contributed by atoms with Crippen molar-refractivity contribution in [1.82, 2.24) is 9.55 Å². The number of amides is 1. The van der Waals surface area contributed by atoms with Crippen molar-refractivity contribution >= 4 is 29.1 Å². The lowest BCUT2D eigenvalue weighted by Crippen LogP contribution is -2.23. The molecule has 3 rings (SSSR count). The first-order valence-electron chi connectivity index (χ1n) is 8.75. The van der Waals surface area contributed by atoms with Gasteiger partial charge in [-0.3, -0.25) is 14.2 Å². The molecule has 0 saturated heterocycles. The SMILES string of the molecule is COc1ccc(-n2ccnc2SC(C)C(=O)Nc2ccccc2C(C)=O)cc1. The van der Waals surface area contributed by atoms with Crippen molar-refractivity contribution in [3.05, 3.63) is 66.5 Å². The molecule has 0 saturated carbocycles.